The van der Waals surface area contributed by atoms with Crippen LogP contribution in [0.3, 0.4) is 0 Å². The summed E-state index contributed by atoms with van der Waals surface area (Å²) in [6.07, 6.45) is 2.39. The molecule has 1 amide bonds. The predicted octanol–water partition coefficient (Wildman–Crippen LogP) is 4.00. The lowest BCUT2D eigenvalue weighted by atomic mass is 10.1. The summed E-state index contributed by atoms with van der Waals surface area (Å²) in [5, 5.41) is 16.9. The van der Waals surface area contributed by atoms with Crippen LogP contribution in [0.5, 0.6) is 0 Å². The summed E-state index contributed by atoms with van der Waals surface area (Å²) in [6, 6.07) is 9.48. The Hall–Kier alpha value is -3.68. The van der Waals surface area contributed by atoms with Crippen molar-refractivity contribution in [2.24, 2.45) is 7.05 Å². The Balaban J connectivity index is 1.53. The maximum absolute atomic E-state index is 12.9. The molecule has 4 rings (SSSR count). The first kappa shape index (κ1) is 22.5. The number of carbonyl (C=O) groups is 1. The number of hydrogen-bond acceptors (Lipinski definition) is 8. The molecule has 33 heavy (non-hydrogen) atoms. The van der Waals surface area contributed by atoms with Crippen LogP contribution in [-0.4, -0.2) is 25.7 Å². The highest BCUT2D eigenvalue weighted by molar-refractivity contribution is 7.18. The van der Waals surface area contributed by atoms with Gasteiger partial charge in [-0.25, -0.2) is 14.6 Å². The fourth-order valence-electron chi connectivity index (χ4n) is 3.31. The molecule has 0 unspecified atom stereocenters. The van der Waals surface area contributed by atoms with E-state index in [1.807, 2.05) is 26.0 Å². The molecule has 0 spiro atoms. The van der Waals surface area contributed by atoms with Crippen LogP contribution in [0.1, 0.15) is 42.6 Å². The number of nitrogens with one attached hydrogen (secondary N) is 1. The largest absolute Gasteiger partial charge is 0.297 e. The Labute approximate surface area is 198 Å². The number of aromatic nitrogens is 4. The highest BCUT2D eigenvalue weighted by atomic mass is 32.1. The Morgan fingerprint density at radius 1 is 1.15 bits per heavy atom. The van der Waals surface area contributed by atoms with E-state index in [1.54, 1.807) is 32.3 Å². The van der Waals surface area contributed by atoms with Crippen molar-refractivity contribution in [3.63, 3.8) is 0 Å². The predicted molar refractivity (Wildman–Crippen MR) is 129 cm³/mol. The van der Waals surface area contributed by atoms with Crippen LogP contribution in [0.2, 0.25) is 0 Å². The second-order valence-electron chi connectivity index (χ2n) is 7.52. The maximum Gasteiger partial charge on any atom is 0.277 e. The summed E-state index contributed by atoms with van der Waals surface area (Å²) < 4.78 is 1.29. The Morgan fingerprint density at radius 3 is 2.58 bits per heavy atom. The molecule has 3 aromatic heterocycles. The third-order valence-corrected chi connectivity index (χ3v) is 7.26. The Bertz CT molecular complexity index is 1460. The van der Waals surface area contributed by atoms with Crippen molar-refractivity contribution in [2.75, 3.05) is 5.32 Å². The van der Waals surface area contributed by atoms with Gasteiger partial charge in [-0.15, -0.1) is 22.7 Å². The van der Waals surface area contributed by atoms with Crippen LogP contribution in [0.25, 0.3) is 10.6 Å². The summed E-state index contributed by atoms with van der Waals surface area (Å²) >= 11 is 2.58. The molecule has 0 radical (unpaired) electrons. The molecule has 1 N–H and O–H groups in total. The smallest absolute Gasteiger partial charge is 0.277 e. The molecule has 0 saturated carbocycles. The summed E-state index contributed by atoms with van der Waals surface area (Å²) in [4.78, 5) is 35.8. The molecule has 10 heteroatoms. The number of benzene rings is 1. The lowest BCUT2D eigenvalue weighted by Gasteiger charge is -2.07. The van der Waals surface area contributed by atoms with E-state index in [4.69, 9.17) is 5.26 Å². The molecule has 0 aliphatic rings. The van der Waals surface area contributed by atoms with E-state index in [0.29, 0.717) is 38.3 Å². The van der Waals surface area contributed by atoms with Gasteiger partial charge < -0.3 is 0 Å². The molecule has 0 bridgehead atoms. The molecule has 1 aromatic carbocycles. The zero-order valence-corrected chi connectivity index (χ0v) is 20.1. The van der Waals surface area contributed by atoms with Gasteiger partial charge in [0.05, 0.1) is 28.6 Å². The monoisotopic (exact) mass is 476 g/mol. The van der Waals surface area contributed by atoms with Crippen LogP contribution < -0.4 is 10.9 Å². The van der Waals surface area contributed by atoms with Gasteiger partial charge in [0.1, 0.15) is 9.88 Å². The number of thiazole rings is 2. The number of aryl methyl sites for hydroxylation is 3. The SMILES string of the molecule is Cc1nc(-c2c(C)c(C)nn(C)c2=O)sc1C(=O)Nc1ncc(Cc2ccc(C#N)cc2)s1. The molecule has 0 saturated heterocycles. The lowest BCUT2D eigenvalue weighted by Crippen LogP contribution is -2.23. The zero-order valence-electron chi connectivity index (χ0n) is 18.5. The van der Waals surface area contributed by atoms with Crippen molar-refractivity contribution in [1.82, 2.24) is 19.7 Å². The van der Waals surface area contributed by atoms with Crippen molar-refractivity contribution in [1.29, 1.82) is 5.26 Å². The first-order valence-electron chi connectivity index (χ1n) is 10.0. The molecule has 4 aromatic rings. The first-order chi connectivity index (χ1) is 15.8. The van der Waals surface area contributed by atoms with E-state index in [2.05, 4.69) is 26.5 Å². The van der Waals surface area contributed by atoms with Crippen molar-refractivity contribution in [2.45, 2.75) is 27.2 Å². The molecule has 0 aliphatic carbocycles. The normalized spacial score (nSPS) is 10.8. The fourth-order valence-corrected chi connectivity index (χ4v) is 5.21. The lowest BCUT2D eigenvalue weighted by molar-refractivity contribution is 0.103. The number of hydrogen-bond donors (Lipinski definition) is 1. The average molecular weight is 477 g/mol. The molecule has 8 nitrogen and oxygen atoms in total. The van der Waals surface area contributed by atoms with Crippen molar-refractivity contribution >= 4 is 33.7 Å². The van der Waals surface area contributed by atoms with E-state index in [9.17, 15) is 9.59 Å². The Kier molecular flexibility index (Phi) is 6.18. The summed E-state index contributed by atoms with van der Waals surface area (Å²) in [6.45, 7) is 5.42. The Morgan fingerprint density at radius 2 is 1.88 bits per heavy atom. The standard InChI is InChI=1S/C23H20N6O2S2/c1-12-13(2)28-29(4)22(31)18(12)21-26-14(3)19(33-21)20(30)27-23-25-11-17(32-23)9-15-5-7-16(10-24)8-6-15/h5-8,11H,9H2,1-4H3,(H,25,27,30). The molecule has 3 heterocycles. The van der Waals surface area contributed by atoms with Crippen LogP contribution in [0.4, 0.5) is 5.13 Å². The van der Waals surface area contributed by atoms with Crippen LogP contribution in [0, 0.1) is 32.1 Å². The fraction of sp³-hybridized carbons (Fsp3) is 0.217. The second kappa shape index (κ2) is 9.05. The summed E-state index contributed by atoms with van der Waals surface area (Å²) in [5.74, 6) is -0.309. The first-order valence-corrected chi connectivity index (χ1v) is 11.7. The van der Waals surface area contributed by atoms with Gasteiger partial charge in [-0.3, -0.25) is 14.9 Å². The number of nitriles is 1. The van der Waals surface area contributed by atoms with Gasteiger partial charge in [-0.1, -0.05) is 12.1 Å². The molecule has 0 atom stereocenters. The highest BCUT2D eigenvalue weighted by Gasteiger charge is 2.21. The number of rotatable bonds is 5. The van der Waals surface area contributed by atoms with E-state index < -0.39 is 0 Å². The minimum atomic E-state index is -0.309. The van der Waals surface area contributed by atoms with Gasteiger partial charge in [0, 0.05) is 24.5 Å². The van der Waals surface area contributed by atoms with Crippen LogP contribution >= 0.6 is 22.7 Å². The molecule has 166 valence electrons. The van der Waals surface area contributed by atoms with Crippen molar-refractivity contribution in [3.05, 3.63) is 78.6 Å². The van der Waals surface area contributed by atoms with Gasteiger partial charge in [0.15, 0.2) is 5.13 Å². The molecular formula is C23H20N6O2S2. The van der Waals surface area contributed by atoms with E-state index in [1.165, 1.54) is 27.4 Å². The maximum atomic E-state index is 12.9. The van der Waals surface area contributed by atoms with Crippen molar-refractivity contribution < 1.29 is 4.79 Å². The summed E-state index contributed by atoms with van der Waals surface area (Å²) in [7, 11) is 1.60. The van der Waals surface area contributed by atoms with Crippen molar-refractivity contribution in [3.8, 4) is 16.6 Å². The number of anilines is 1. The average Bonchev–Trinajstić information content (AvgIpc) is 3.39. The van der Waals surface area contributed by atoms with Gasteiger partial charge in [-0.05, 0) is 44.0 Å². The topological polar surface area (TPSA) is 114 Å². The third-order valence-electron chi connectivity index (χ3n) is 5.18. The zero-order chi connectivity index (χ0) is 23.7. The van der Waals surface area contributed by atoms with Gasteiger partial charge in [0.25, 0.3) is 11.5 Å². The van der Waals surface area contributed by atoms with Crippen LogP contribution in [-0.2, 0) is 13.5 Å². The number of carbonyl (C=O) groups excluding carboxylic acids is 1. The quantitative estimate of drug-likeness (QED) is 0.466. The van der Waals surface area contributed by atoms with E-state index in [0.717, 1.165) is 21.7 Å². The molecule has 0 fully saturated rings. The van der Waals surface area contributed by atoms with Gasteiger partial charge in [-0.2, -0.15) is 10.4 Å². The third kappa shape index (κ3) is 4.60. The number of nitrogens with zero attached hydrogens (tertiary/aromatic N) is 5. The minimum Gasteiger partial charge on any atom is -0.297 e. The minimum absolute atomic E-state index is 0.244. The highest BCUT2D eigenvalue weighted by Crippen LogP contribution is 2.30. The number of amides is 1. The van der Waals surface area contributed by atoms with Crippen LogP contribution in [0.15, 0.2) is 35.3 Å². The molecular weight excluding hydrogens is 456 g/mol. The van der Waals surface area contributed by atoms with Gasteiger partial charge in [0.2, 0.25) is 0 Å². The van der Waals surface area contributed by atoms with Gasteiger partial charge >= 0.3 is 0 Å². The van der Waals surface area contributed by atoms with E-state index >= 15 is 0 Å². The summed E-state index contributed by atoms with van der Waals surface area (Å²) in [5.41, 5.74) is 3.95. The second-order valence-corrected chi connectivity index (χ2v) is 9.63. The van der Waals surface area contributed by atoms with E-state index in [-0.39, 0.29) is 11.5 Å². The molecule has 0 aliphatic heterocycles.